The van der Waals surface area contributed by atoms with Gasteiger partial charge in [0.25, 0.3) is 0 Å². The summed E-state index contributed by atoms with van der Waals surface area (Å²) in [7, 11) is 2.75. The number of nitrogens with zero attached hydrogens (tertiary/aromatic N) is 2. The lowest BCUT2D eigenvalue weighted by Crippen LogP contribution is -2.00. The van der Waals surface area contributed by atoms with Crippen molar-refractivity contribution in [3.63, 3.8) is 0 Å². The number of hydrogen-bond acceptors (Lipinski definition) is 1. The summed E-state index contributed by atoms with van der Waals surface area (Å²) in [6, 6.07) is 4.80. The Labute approximate surface area is 86.5 Å². The molecule has 2 nitrogen and oxygen atoms in total. The summed E-state index contributed by atoms with van der Waals surface area (Å²) in [5.74, 6) is 0. The summed E-state index contributed by atoms with van der Waals surface area (Å²) in [6.07, 6.45) is 1.92. The van der Waals surface area contributed by atoms with Crippen LogP contribution in [0, 0.1) is 6.92 Å². The van der Waals surface area contributed by atoms with Crippen molar-refractivity contribution in [3.8, 4) is 0 Å². The lowest BCUT2D eigenvalue weighted by atomic mass is 10.2. The van der Waals surface area contributed by atoms with Crippen LogP contribution >= 0.6 is 9.24 Å². The molecule has 1 unspecified atom stereocenters. The lowest BCUT2D eigenvalue weighted by Gasteiger charge is -2.08. The average molecular weight is 206 g/mol. The Hall–Kier alpha value is -0.880. The highest BCUT2D eigenvalue weighted by Crippen LogP contribution is 2.18. The molecule has 3 heteroatoms. The molecule has 74 valence electrons. The molecule has 1 heterocycles. The van der Waals surface area contributed by atoms with Gasteiger partial charge in [-0.05, 0) is 43.8 Å². The molecule has 1 atom stereocenters. The first-order chi connectivity index (χ1) is 6.59. The van der Waals surface area contributed by atoms with Crippen molar-refractivity contribution in [1.82, 2.24) is 9.55 Å². The molecule has 0 fully saturated rings. The summed E-state index contributed by atoms with van der Waals surface area (Å²) in [4.78, 5) is 4.42. The molecule has 0 amide bonds. The van der Waals surface area contributed by atoms with Crippen LogP contribution in [0.2, 0.25) is 0 Å². The van der Waals surface area contributed by atoms with Gasteiger partial charge in [0.15, 0.2) is 0 Å². The first-order valence-corrected chi connectivity index (χ1v) is 5.40. The number of aryl methyl sites for hydroxylation is 1. The van der Waals surface area contributed by atoms with Gasteiger partial charge in [0.05, 0.1) is 17.4 Å². The first-order valence-electron chi connectivity index (χ1n) is 4.82. The minimum Gasteiger partial charge on any atom is -0.328 e. The Kier molecular flexibility index (Phi) is 2.32. The van der Waals surface area contributed by atoms with E-state index in [2.05, 4.69) is 51.7 Å². The van der Waals surface area contributed by atoms with Crippen molar-refractivity contribution in [3.05, 3.63) is 24.0 Å². The largest absolute Gasteiger partial charge is 0.328 e. The van der Waals surface area contributed by atoms with Gasteiger partial charge in [-0.3, -0.25) is 0 Å². The van der Waals surface area contributed by atoms with Crippen LogP contribution in [0.3, 0.4) is 0 Å². The summed E-state index contributed by atoms with van der Waals surface area (Å²) >= 11 is 0. The van der Waals surface area contributed by atoms with Crippen molar-refractivity contribution >= 4 is 25.6 Å². The highest BCUT2D eigenvalue weighted by Gasteiger charge is 2.07. The summed E-state index contributed by atoms with van der Waals surface area (Å²) < 4.78 is 2.20. The predicted octanol–water partition coefficient (Wildman–Crippen LogP) is 2.43. The van der Waals surface area contributed by atoms with Gasteiger partial charge in [0, 0.05) is 6.04 Å². The van der Waals surface area contributed by atoms with E-state index in [4.69, 9.17) is 0 Å². The van der Waals surface area contributed by atoms with Crippen molar-refractivity contribution in [1.29, 1.82) is 0 Å². The number of imidazole rings is 1. The van der Waals surface area contributed by atoms with E-state index in [9.17, 15) is 0 Å². The zero-order valence-electron chi connectivity index (χ0n) is 8.78. The smallest absolute Gasteiger partial charge is 0.0961 e. The molecule has 0 saturated carbocycles. The van der Waals surface area contributed by atoms with Crippen LogP contribution in [-0.2, 0) is 0 Å². The van der Waals surface area contributed by atoms with Crippen LogP contribution in [0.5, 0.6) is 0 Å². The number of fused-ring (bicyclic) bond motifs is 1. The van der Waals surface area contributed by atoms with E-state index in [1.807, 2.05) is 6.33 Å². The summed E-state index contributed by atoms with van der Waals surface area (Å²) in [6.45, 7) is 6.46. The molecule has 0 N–H and O–H groups in total. The predicted molar refractivity (Wildman–Crippen MR) is 64.2 cm³/mol. The molecular weight excluding hydrogens is 191 g/mol. The zero-order chi connectivity index (χ0) is 10.3. The maximum atomic E-state index is 4.42. The minimum atomic E-state index is 0.464. The van der Waals surface area contributed by atoms with E-state index in [-0.39, 0.29) is 0 Å². The van der Waals surface area contributed by atoms with Crippen LogP contribution in [0.1, 0.15) is 25.5 Å². The Morgan fingerprint density at radius 2 is 2.07 bits per heavy atom. The quantitative estimate of drug-likeness (QED) is 0.655. The Morgan fingerprint density at radius 1 is 1.36 bits per heavy atom. The third kappa shape index (κ3) is 1.44. The highest BCUT2D eigenvalue weighted by atomic mass is 31.0. The van der Waals surface area contributed by atoms with E-state index in [1.165, 1.54) is 16.4 Å². The van der Waals surface area contributed by atoms with Gasteiger partial charge in [0.2, 0.25) is 0 Å². The Bertz CT molecular complexity index is 471. The topological polar surface area (TPSA) is 17.8 Å². The van der Waals surface area contributed by atoms with Gasteiger partial charge in [0.1, 0.15) is 0 Å². The van der Waals surface area contributed by atoms with Crippen molar-refractivity contribution in [2.75, 3.05) is 0 Å². The molecule has 0 saturated heterocycles. The van der Waals surface area contributed by atoms with E-state index in [0.717, 1.165) is 5.52 Å². The number of rotatable bonds is 1. The molecule has 14 heavy (non-hydrogen) atoms. The fourth-order valence-electron chi connectivity index (χ4n) is 1.72. The first kappa shape index (κ1) is 9.67. The number of benzene rings is 1. The molecular formula is C11H15N2P. The second-order valence-corrected chi connectivity index (χ2v) is 4.59. The molecule has 0 bridgehead atoms. The van der Waals surface area contributed by atoms with Crippen LogP contribution < -0.4 is 5.30 Å². The number of hydrogen-bond donors (Lipinski definition) is 0. The van der Waals surface area contributed by atoms with Gasteiger partial charge in [-0.2, -0.15) is 0 Å². The van der Waals surface area contributed by atoms with Gasteiger partial charge >= 0.3 is 0 Å². The Morgan fingerprint density at radius 3 is 2.71 bits per heavy atom. The van der Waals surface area contributed by atoms with E-state index in [0.29, 0.717) is 6.04 Å². The second kappa shape index (κ2) is 3.36. The summed E-state index contributed by atoms with van der Waals surface area (Å²) in [5.41, 5.74) is 3.60. The van der Waals surface area contributed by atoms with Crippen LogP contribution in [-0.4, -0.2) is 9.55 Å². The normalized spacial score (nSPS) is 11.5. The summed E-state index contributed by atoms with van der Waals surface area (Å²) in [5, 5.41) is 1.18. The molecule has 0 aliphatic heterocycles. The standard InChI is InChI=1S/C11H15N2P/c1-7(2)13-6-12-11-9(13)4-8(3)5-10(11)14/h4-7H,14H2,1-3H3. The highest BCUT2D eigenvalue weighted by molar-refractivity contribution is 7.28. The van der Waals surface area contributed by atoms with Gasteiger partial charge in [-0.1, -0.05) is 0 Å². The van der Waals surface area contributed by atoms with Crippen molar-refractivity contribution in [2.45, 2.75) is 26.8 Å². The zero-order valence-corrected chi connectivity index (χ0v) is 9.94. The molecule has 2 rings (SSSR count). The van der Waals surface area contributed by atoms with E-state index >= 15 is 0 Å². The molecule has 0 aliphatic rings. The lowest BCUT2D eigenvalue weighted by molar-refractivity contribution is 0.617. The molecule has 1 aromatic heterocycles. The van der Waals surface area contributed by atoms with Gasteiger partial charge in [-0.25, -0.2) is 4.98 Å². The van der Waals surface area contributed by atoms with Gasteiger partial charge in [-0.15, -0.1) is 9.24 Å². The second-order valence-electron chi connectivity index (χ2n) is 3.97. The Balaban J connectivity index is 2.78. The minimum absolute atomic E-state index is 0.464. The molecule has 0 radical (unpaired) electrons. The number of aromatic nitrogens is 2. The average Bonchev–Trinajstić information content (AvgIpc) is 2.47. The van der Waals surface area contributed by atoms with Crippen LogP contribution in [0.25, 0.3) is 11.0 Å². The molecule has 2 aromatic rings. The third-order valence-electron chi connectivity index (χ3n) is 2.41. The fraction of sp³-hybridized carbons (Fsp3) is 0.364. The van der Waals surface area contributed by atoms with Crippen molar-refractivity contribution in [2.24, 2.45) is 0 Å². The fourth-order valence-corrected chi connectivity index (χ4v) is 2.20. The van der Waals surface area contributed by atoms with E-state index < -0.39 is 0 Å². The van der Waals surface area contributed by atoms with Gasteiger partial charge < -0.3 is 4.57 Å². The van der Waals surface area contributed by atoms with Crippen LogP contribution in [0.4, 0.5) is 0 Å². The maximum absolute atomic E-state index is 4.42. The van der Waals surface area contributed by atoms with Crippen LogP contribution in [0.15, 0.2) is 18.5 Å². The monoisotopic (exact) mass is 206 g/mol. The SMILES string of the molecule is Cc1cc(P)c2ncn(C(C)C)c2c1. The van der Waals surface area contributed by atoms with Crippen molar-refractivity contribution < 1.29 is 0 Å². The molecule has 0 aliphatic carbocycles. The third-order valence-corrected chi connectivity index (χ3v) is 2.85. The molecule has 0 spiro atoms. The van der Waals surface area contributed by atoms with E-state index in [1.54, 1.807) is 0 Å². The maximum Gasteiger partial charge on any atom is 0.0961 e. The molecule has 1 aromatic carbocycles.